The van der Waals surface area contributed by atoms with Crippen LogP contribution in [0.25, 0.3) is 0 Å². The van der Waals surface area contributed by atoms with Crippen molar-refractivity contribution in [1.29, 1.82) is 0 Å². The number of carboxylic acid groups (broad SMARTS) is 1. The van der Waals surface area contributed by atoms with Crippen LogP contribution >= 0.6 is 0 Å². The predicted octanol–water partition coefficient (Wildman–Crippen LogP) is 2.66. The number of amides is 1. The molecule has 1 saturated carbocycles. The molecule has 2 unspecified atom stereocenters. The lowest BCUT2D eigenvalue weighted by molar-refractivity contribution is -0.139. The minimum Gasteiger partial charge on any atom is -0.481 e. The molecule has 0 heterocycles. The third-order valence-corrected chi connectivity index (χ3v) is 4.21. The summed E-state index contributed by atoms with van der Waals surface area (Å²) in [7, 11) is 0. The third kappa shape index (κ3) is 4.48. The highest BCUT2D eigenvalue weighted by atomic mass is 19.1. The number of aliphatic carboxylic acids is 1. The number of hydrogen-bond donors (Lipinski definition) is 2. The summed E-state index contributed by atoms with van der Waals surface area (Å²) in [6.45, 7) is 3.73. The minimum atomic E-state index is -0.920. The highest BCUT2D eigenvalue weighted by molar-refractivity contribution is 5.80. The zero-order chi connectivity index (χ0) is 14.5. The van der Waals surface area contributed by atoms with Gasteiger partial charge in [-0.1, -0.05) is 13.8 Å². The number of rotatable bonds is 6. The molecular formula is C14H24FNO3. The summed E-state index contributed by atoms with van der Waals surface area (Å²) in [4.78, 5) is 23.1. The minimum absolute atomic E-state index is 0.0858. The van der Waals surface area contributed by atoms with E-state index in [1.807, 2.05) is 13.8 Å². The van der Waals surface area contributed by atoms with Crippen molar-refractivity contribution in [3.8, 4) is 0 Å². The van der Waals surface area contributed by atoms with Gasteiger partial charge in [0, 0.05) is 11.5 Å². The molecule has 0 saturated heterocycles. The molecule has 1 rings (SSSR count). The summed E-state index contributed by atoms with van der Waals surface area (Å²) in [5.41, 5.74) is -0.702. The van der Waals surface area contributed by atoms with E-state index in [2.05, 4.69) is 5.32 Å². The zero-order valence-electron chi connectivity index (χ0n) is 11.7. The van der Waals surface area contributed by atoms with Gasteiger partial charge in [-0.15, -0.1) is 0 Å². The zero-order valence-corrected chi connectivity index (χ0v) is 11.7. The molecule has 110 valence electrons. The molecule has 0 aliphatic heterocycles. The van der Waals surface area contributed by atoms with E-state index in [1.165, 1.54) is 0 Å². The van der Waals surface area contributed by atoms with Crippen molar-refractivity contribution in [1.82, 2.24) is 5.32 Å². The molecule has 1 aliphatic rings. The molecule has 0 radical (unpaired) electrons. The van der Waals surface area contributed by atoms with E-state index in [4.69, 9.17) is 5.11 Å². The van der Waals surface area contributed by atoms with Gasteiger partial charge in [-0.3, -0.25) is 9.59 Å². The van der Waals surface area contributed by atoms with Crippen LogP contribution in [0.15, 0.2) is 0 Å². The molecule has 5 heteroatoms. The van der Waals surface area contributed by atoms with E-state index in [0.29, 0.717) is 25.7 Å². The number of carbonyl (C=O) groups is 2. The Bertz CT molecular complexity index is 329. The van der Waals surface area contributed by atoms with Gasteiger partial charge in [0.15, 0.2) is 0 Å². The van der Waals surface area contributed by atoms with E-state index in [9.17, 15) is 14.0 Å². The first-order valence-corrected chi connectivity index (χ1v) is 7.10. The molecule has 0 aromatic rings. The number of hydrogen-bond acceptors (Lipinski definition) is 2. The molecule has 0 bridgehead atoms. The Kier molecular flexibility index (Phi) is 5.76. The van der Waals surface area contributed by atoms with E-state index < -0.39 is 17.7 Å². The Morgan fingerprint density at radius 3 is 2.42 bits per heavy atom. The van der Waals surface area contributed by atoms with E-state index in [-0.39, 0.29) is 24.7 Å². The summed E-state index contributed by atoms with van der Waals surface area (Å²) in [6, 6.07) is 0. The fourth-order valence-corrected chi connectivity index (χ4v) is 2.74. The van der Waals surface area contributed by atoms with Crippen LogP contribution in [-0.4, -0.2) is 28.7 Å². The van der Waals surface area contributed by atoms with Crippen molar-refractivity contribution in [2.24, 2.45) is 5.92 Å². The standard InChI is InChI=1S/C14H24FNO3/c1-3-14(4-2,9-12(17)18)16-13(19)10-6-5-7-11(15)8-10/h10-11H,3-9H2,1-2H3,(H,16,19)(H,17,18). The normalized spacial score (nSPS) is 23.9. The van der Waals surface area contributed by atoms with Crippen LogP contribution in [0.3, 0.4) is 0 Å². The monoisotopic (exact) mass is 273 g/mol. The first kappa shape index (κ1) is 15.9. The highest BCUT2D eigenvalue weighted by Gasteiger charge is 2.35. The molecule has 1 amide bonds. The highest BCUT2D eigenvalue weighted by Crippen LogP contribution is 2.28. The van der Waals surface area contributed by atoms with Crippen LogP contribution in [0.1, 0.15) is 58.8 Å². The fraction of sp³-hybridized carbons (Fsp3) is 0.857. The van der Waals surface area contributed by atoms with Crippen LogP contribution in [0, 0.1) is 5.92 Å². The molecule has 0 aromatic heterocycles. The topological polar surface area (TPSA) is 66.4 Å². The van der Waals surface area contributed by atoms with E-state index in [0.717, 1.165) is 6.42 Å². The average molecular weight is 273 g/mol. The van der Waals surface area contributed by atoms with E-state index >= 15 is 0 Å². The fourth-order valence-electron chi connectivity index (χ4n) is 2.74. The van der Waals surface area contributed by atoms with Gasteiger partial charge in [-0.25, -0.2) is 4.39 Å². The Morgan fingerprint density at radius 1 is 1.32 bits per heavy atom. The lowest BCUT2D eigenvalue weighted by Gasteiger charge is -2.34. The second kappa shape index (κ2) is 6.87. The summed E-state index contributed by atoms with van der Waals surface area (Å²) >= 11 is 0. The van der Waals surface area contributed by atoms with Crippen molar-refractivity contribution in [3.05, 3.63) is 0 Å². The van der Waals surface area contributed by atoms with Crippen LogP contribution < -0.4 is 5.32 Å². The smallest absolute Gasteiger partial charge is 0.305 e. The lowest BCUT2D eigenvalue weighted by Crippen LogP contribution is -2.51. The maximum atomic E-state index is 13.3. The summed E-state index contributed by atoms with van der Waals surface area (Å²) < 4.78 is 13.3. The van der Waals surface area contributed by atoms with Gasteiger partial charge in [-0.2, -0.15) is 0 Å². The average Bonchev–Trinajstić information content (AvgIpc) is 2.37. The van der Waals surface area contributed by atoms with Crippen LogP contribution in [0.4, 0.5) is 4.39 Å². The molecule has 1 fully saturated rings. The number of carboxylic acids is 1. The molecule has 19 heavy (non-hydrogen) atoms. The number of alkyl halides is 1. The third-order valence-electron chi connectivity index (χ3n) is 4.21. The second-order valence-corrected chi connectivity index (χ2v) is 5.51. The van der Waals surface area contributed by atoms with Gasteiger partial charge in [0.2, 0.25) is 5.91 Å². The predicted molar refractivity (Wildman–Crippen MR) is 70.6 cm³/mol. The Labute approximate surface area is 113 Å². The van der Waals surface area contributed by atoms with Crippen molar-refractivity contribution in [2.45, 2.75) is 70.5 Å². The first-order valence-electron chi connectivity index (χ1n) is 7.10. The van der Waals surface area contributed by atoms with Crippen molar-refractivity contribution >= 4 is 11.9 Å². The van der Waals surface area contributed by atoms with Crippen molar-refractivity contribution < 1.29 is 19.1 Å². The number of nitrogens with one attached hydrogen (secondary N) is 1. The second-order valence-electron chi connectivity index (χ2n) is 5.51. The summed E-state index contributed by atoms with van der Waals surface area (Å²) in [5.74, 6) is -1.42. The molecule has 1 aliphatic carbocycles. The van der Waals surface area contributed by atoms with Crippen LogP contribution in [0.5, 0.6) is 0 Å². The molecule has 0 spiro atoms. The maximum absolute atomic E-state index is 13.3. The Hall–Kier alpha value is -1.13. The van der Waals surface area contributed by atoms with Gasteiger partial charge >= 0.3 is 5.97 Å². The summed E-state index contributed by atoms with van der Waals surface area (Å²) in [5, 5.41) is 11.8. The van der Waals surface area contributed by atoms with Gasteiger partial charge in [0.25, 0.3) is 0 Å². The largest absolute Gasteiger partial charge is 0.481 e. The number of halogens is 1. The number of carbonyl (C=O) groups excluding carboxylic acids is 1. The van der Waals surface area contributed by atoms with Crippen LogP contribution in [-0.2, 0) is 9.59 Å². The van der Waals surface area contributed by atoms with Gasteiger partial charge in [-0.05, 0) is 38.5 Å². The van der Waals surface area contributed by atoms with Gasteiger partial charge in [0.1, 0.15) is 6.17 Å². The molecular weight excluding hydrogens is 249 g/mol. The van der Waals surface area contributed by atoms with Gasteiger partial charge in [0.05, 0.1) is 6.42 Å². The molecule has 4 nitrogen and oxygen atoms in total. The maximum Gasteiger partial charge on any atom is 0.305 e. The summed E-state index contributed by atoms with van der Waals surface area (Å²) in [6.07, 6.45) is 2.36. The van der Waals surface area contributed by atoms with Gasteiger partial charge < -0.3 is 10.4 Å². The lowest BCUT2D eigenvalue weighted by atomic mass is 9.84. The molecule has 0 aromatic carbocycles. The quantitative estimate of drug-likeness (QED) is 0.782. The SMILES string of the molecule is CCC(CC)(CC(=O)O)NC(=O)C1CCCC(F)C1. The van der Waals surface area contributed by atoms with E-state index in [1.54, 1.807) is 0 Å². The van der Waals surface area contributed by atoms with Crippen LogP contribution in [0.2, 0.25) is 0 Å². The first-order chi connectivity index (χ1) is 8.92. The Morgan fingerprint density at radius 2 is 1.95 bits per heavy atom. The molecule has 2 N–H and O–H groups in total. The molecule has 2 atom stereocenters. The Balaban J connectivity index is 2.67. The van der Waals surface area contributed by atoms with Crippen molar-refractivity contribution in [3.63, 3.8) is 0 Å². The van der Waals surface area contributed by atoms with Crippen molar-refractivity contribution in [2.75, 3.05) is 0 Å².